The third-order valence-corrected chi connectivity index (χ3v) is 7.77. The molecule has 0 heterocycles. The van der Waals surface area contributed by atoms with E-state index in [9.17, 15) is 67.7 Å². The van der Waals surface area contributed by atoms with Crippen LogP contribution in [0.5, 0.6) is 0 Å². The maximum absolute atomic E-state index is 13.6. The number of halogens is 12. The molecule has 1 saturated carbocycles. The molecule has 1 fully saturated rings. The molecule has 39 heavy (non-hydrogen) atoms. The van der Waals surface area contributed by atoms with Crippen molar-refractivity contribution in [2.75, 3.05) is 0 Å². The van der Waals surface area contributed by atoms with Crippen molar-refractivity contribution >= 4 is 5.97 Å². The third-order valence-electron chi connectivity index (χ3n) is 7.77. The van der Waals surface area contributed by atoms with Gasteiger partial charge in [0.15, 0.2) is 0 Å². The summed E-state index contributed by atoms with van der Waals surface area (Å²) in [6.07, 6.45) is -34.1. The van der Waals surface area contributed by atoms with Gasteiger partial charge in [0, 0.05) is 11.8 Å². The SMILES string of the molecule is CC(C)CC(C)(C(=O)OC1CC(C(O)(C(F)(F)F)C(F)(F)F)CC(C(O)(C(F)(F)F)C(F)(F)F)C1)C(C)(C)C. The highest BCUT2D eigenvalue weighted by Crippen LogP contribution is 2.58. The highest BCUT2D eigenvalue weighted by molar-refractivity contribution is 5.77. The van der Waals surface area contributed by atoms with E-state index in [1.165, 1.54) is 27.7 Å². The summed E-state index contributed by atoms with van der Waals surface area (Å²) < 4.78 is 168. The Hall–Kier alpha value is -1.45. The number of ether oxygens (including phenoxy) is 1. The molecule has 0 bridgehead atoms. The molecule has 232 valence electrons. The van der Waals surface area contributed by atoms with Crippen molar-refractivity contribution in [1.29, 1.82) is 0 Å². The molecule has 2 N–H and O–H groups in total. The standard InChI is InChI=1S/C23H32F12O4/c1-11(2)10-17(6,16(3,4)5)15(36)39-14-8-12(18(37,20(24,25)26)21(27,28)29)7-13(9-14)19(38,22(30,31)32)23(33,34)35/h11-14,37-38H,7-10H2,1-6H3. The lowest BCUT2D eigenvalue weighted by Crippen LogP contribution is -2.67. The highest BCUT2D eigenvalue weighted by Gasteiger charge is 2.78. The van der Waals surface area contributed by atoms with Crippen molar-refractivity contribution in [3.8, 4) is 0 Å². The number of hydrogen-bond acceptors (Lipinski definition) is 4. The minimum absolute atomic E-state index is 0.0268. The molecule has 0 aromatic carbocycles. The zero-order valence-corrected chi connectivity index (χ0v) is 21.9. The molecular weight excluding hydrogens is 568 g/mol. The van der Waals surface area contributed by atoms with Crippen molar-refractivity contribution < 1.29 is 72.4 Å². The fraction of sp³-hybridized carbons (Fsp3) is 0.957. The number of aliphatic hydroxyl groups is 2. The van der Waals surface area contributed by atoms with Gasteiger partial charge in [-0.05, 0) is 43.9 Å². The maximum atomic E-state index is 13.6. The summed E-state index contributed by atoms with van der Waals surface area (Å²) in [4.78, 5) is 13.2. The zero-order valence-electron chi connectivity index (χ0n) is 21.9. The molecule has 0 aromatic rings. The van der Waals surface area contributed by atoms with Gasteiger partial charge in [-0.2, -0.15) is 52.7 Å². The summed E-state index contributed by atoms with van der Waals surface area (Å²) in [7, 11) is 0. The molecule has 16 heteroatoms. The number of carbonyl (C=O) groups excluding carboxylic acids is 1. The molecule has 0 spiro atoms. The van der Waals surface area contributed by atoms with E-state index in [-0.39, 0.29) is 12.3 Å². The Bertz CT molecular complexity index is 793. The largest absolute Gasteiger partial charge is 0.462 e. The predicted octanol–water partition coefficient (Wildman–Crippen LogP) is 7.12. The van der Waals surface area contributed by atoms with Crippen molar-refractivity contribution in [2.45, 2.75) is 109 Å². The quantitative estimate of drug-likeness (QED) is 0.252. The smallest absolute Gasteiger partial charge is 0.426 e. The van der Waals surface area contributed by atoms with Crippen molar-refractivity contribution in [3.05, 3.63) is 0 Å². The summed E-state index contributed by atoms with van der Waals surface area (Å²) in [5, 5.41) is 19.6. The average Bonchev–Trinajstić information content (AvgIpc) is 2.67. The average molecular weight is 600 g/mol. The second-order valence-electron chi connectivity index (χ2n) is 11.8. The molecule has 1 aliphatic carbocycles. The second-order valence-corrected chi connectivity index (χ2v) is 11.8. The van der Waals surface area contributed by atoms with E-state index in [4.69, 9.17) is 4.74 Å². The monoisotopic (exact) mass is 600 g/mol. The Morgan fingerprint density at radius 3 is 1.23 bits per heavy atom. The molecule has 4 nitrogen and oxygen atoms in total. The Morgan fingerprint density at radius 1 is 0.692 bits per heavy atom. The van der Waals surface area contributed by atoms with Crippen LogP contribution >= 0.6 is 0 Å². The summed E-state index contributed by atoms with van der Waals surface area (Å²) in [5.41, 5.74) is -14.1. The van der Waals surface area contributed by atoms with Gasteiger partial charge in [-0.1, -0.05) is 34.6 Å². The van der Waals surface area contributed by atoms with Crippen LogP contribution in [0, 0.1) is 28.6 Å². The Kier molecular flexibility index (Phi) is 9.51. The number of carbonyl (C=O) groups is 1. The first-order valence-electron chi connectivity index (χ1n) is 11.8. The first-order valence-corrected chi connectivity index (χ1v) is 11.8. The lowest BCUT2D eigenvalue weighted by molar-refractivity contribution is -0.405. The molecule has 0 saturated heterocycles. The van der Waals surface area contributed by atoms with Gasteiger partial charge in [0.2, 0.25) is 0 Å². The fourth-order valence-corrected chi connectivity index (χ4v) is 5.09. The van der Waals surface area contributed by atoms with Gasteiger partial charge in [0.25, 0.3) is 11.2 Å². The molecular formula is C23H32F12O4. The molecule has 3 atom stereocenters. The number of esters is 1. The van der Waals surface area contributed by atoms with Gasteiger partial charge in [0.05, 0.1) is 5.41 Å². The lowest BCUT2D eigenvalue weighted by Gasteiger charge is -2.49. The van der Waals surface area contributed by atoms with E-state index < -0.39 is 89.9 Å². The molecule has 1 rings (SSSR count). The summed E-state index contributed by atoms with van der Waals surface area (Å²) in [6, 6.07) is 0. The number of hydrogen-bond donors (Lipinski definition) is 2. The van der Waals surface area contributed by atoms with Crippen molar-refractivity contribution in [2.24, 2.45) is 28.6 Å². The first kappa shape index (κ1) is 35.6. The van der Waals surface area contributed by atoms with Gasteiger partial charge in [-0.25, -0.2) is 0 Å². The minimum atomic E-state index is -6.60. The lowest BCUT2D eigenvalue weighted by atomic mass is 9.63. The van der Waals surface area contributed by atoms with Crippen LogP contribution < -0.4 is 0 Å². The highest BCUT2D eigenvalue weighted by atomic mass is 19.4. The molecule has 0 radical (unpaired) electrons. The summed E-state index contributed by atoms with van der Waals surface area (Å²) in [6.45, 7) is 9.23. The van der Waals surface area contributed by atoms with E-state index in [1.54, 1.807) is 13.8 Å². The second kappa shape index (κ2) is 10.4. The number of rotatable bonds is 6. The van der Waals surface area contributed by atoms with Crippen LogP contribution in [0.25, 0.3) is 0 Å². The summed E-state index contributed by atoms with van der Waals surface area (Å²) in [5.74, 6) is -8.31. The summed E-state index contributed by atoms with van der Waals surface area (Å²) >= 11 is 0. The topological polar surface area (TPSA) is 66.8 Å². The number of alkyl halides is 12. The van der Waals surface area contributed by atoms with E-state index in [0.717, 1.165) is 0 Å². The maximum Gasteiger partial charge on any atom is 0.426 e. The Labute approximate surface area is 217 Å². The van der Waals surface area contributed by atoms with E-state index >= 15 is 0 Å². The van der Waals surface area contributed by atoms with Gasteiger partial charge in [-0.3, -0.25) is 4.79 Å². The van der Waals surface area contributed by atoms with Crippen LogP contribution in [0.15, 0.2) is 0 Å². The van der Waals surface area contributed by atoms with E-state index in [1.807, 2.05) is 0 Å². The van der Waals surface area contributed by atoms with Gasteiger partial charge >= 0.3 is 30.7 Å². The minimum Gasteiger partial charge on any atom is -0.462 e. The first-order chi connectivity index (χ1) is 16.9. The van der Waals surface area contributed by atoms with Crippen LogP contribution in [0.2, 0.25) is 0 Å². The van der Waals surface area contributed by atoms with Gasteiger partial charge in [-0.15, -0.1) is 0 Å². The van der Waals surface area contributed by atoms with E-state index in [2.05, 4.69) is 0 Å². The molecule has 1 aliphatic rings. The molecule has 3 unspecified atom stereocenters. The zero-order chi connectivity index (χ0) is 31.4. The normalized spacial score (nSPS) is 24.5. The third kappa shape index (κ3) is 6.40. The molecule has 0 aromatic heterocycles. The molecule has 0 aliphatic heterocycles. The van der Waals surface area contributed by atoms with Crippen LogP contribution in [-0.2, 0) is 9.53 Å². The van der Waals surface area contributed by atoms with Crippen LogP contribution in [-0.4, -0.2) is 58.2 Å². The predicted molar refractivity (Wildman–Crippen MR) is 112 cm³/mol. The van der Waals surface area contributed by atoms with Crippen molar-refractivity contribution in [3.63, 3.8) is 0 Å². The van der Waals surface area contributed by atoms with Crippen LogP contribution in [0.1, 0.15) is 67.2 Å². The van der Waals surface area contributed by atoms with Gasteiger partial charge < -0.3 is 14.9 Å². The Balaban J connectivity index is 3.78. The molecule has 0 amide bonds. The van der Waals surface area contributed by atoms with Crippen LogP contribution in [0.3, 0.4) is 0 Å². The van der Waals surface area contributed by atoms with Crippen LogP contribution in [0.4, 0.5) is 52.7 Å². The van der Waals surface area contributed by atoms with Crippen molar-refractivity contribution in [1.82, 2.24) is 0 Å². The van der Waals surface area contributed by atoms with Gasteiger partial charge in [0.1, 0.15) is 6.10 Å². The fourth-order valence-electron chi connectivity index (χ4n) is 5.09. The van der Waals surface area contributed by atoms with E-state index in [0.29, 0.717) is 0 Å². The Morgan fingerprint density at radius 2 is 1.00 bits per heavy atom.